The van der Waals surface area contributed by atoms with E-state index in [4.69, 9.17) is 14.4 Å². The van der Waals surface area contributed by atoms with Crippen LogP contribution in [-0.2, 0) is 0 Å². The van der Waals surface area contributed by atoms with E-state index in [2.05, 4.69) is 84.9 Å². The lowest BCUT2D eigenvalue weighted by atomic mass is 10.0. The van der Waals surface area contributed by atoms with Crippen LogP contribution in [0, 0.1) is 0 Å². The van der Waals surface area contributed by atoms with Crippen molar-refractivity contribution >= 4 is 21.9 Å². The Morgan fingerprint density at radius 3 is 1.62 bits per heavy atom. The summed E-state index contributed by atoms with van der Waals surface area (Å²) in [6.07, 6.45) is 0. The summed E-state index contributed by atoms with van der Waals surface area (Å²) in [6.45, 7) is 0. The molecule has 0 saturated carbocycles. The molecule has 7 rings (SSSR count). The van der Waals surface area contributed by atoms with Crippen LogP contribution in [0.4, 0.5) is 0 Å². The molecule has 0 N–H and O–H groups in total. The first kappa shape index (κ1) is 21.3. The van der Waals surface area contributed by atoms with E-state index in [1.807, 2.05) is 48.5 Å². The SMILES string of the molecule is c1ccc(-c2ccc(-c3cc(-c4ccccc4)nc(-c4ccc5c(c4)oc4ccccc45)n3)cc2)cc1. The first-order valence-corrected chi connectivity index (χ1v) is 12.3. The van der Waals surface area contributed by atoms with Gasteiger partial charge in [-0.3, -0.25) is 0 Å². The second kappa shape index (κ2) is 8.89. The largest absolute Gasteiger partial charge is 0.456 e. The number of fused-ring (bicyclic) bond motifs is 3. The molecule has 0 amide bonds. The summed E-state index contributed by atoms with van der Waals surface area (Å²) in [5.41, 5.74) is 8.88. The van der Waals surface area contributed by atoms with Gasteiger partial charge in [0.25, 0.3) is 0 Å². The molecule has 0 atom stereocenters. The van der Waals surface area contributed by atoms with Gasteiger partial charge in [-0.25, -0.2) is 9.97 Å². The van der Waals surface area contributed by atoms with Crippen molar-refractivity contribution in [1.82, 2.24) is 9.97 Å². The fourth-order valence-electron chi connectivity index (χ4n) is 4.81. The number of aromatic nitrogens is 2. The highest BCUT2D eigenvalue weighted by Crippen LogP contribution is 2.33. The monoisotopic (exact) mass is 474 g/mol. The van der Waals surface area contributed by atoms with Crippen molar-refractivity contribution in [3.8, 4) is 45.0 Å². The van der Waals surface area contributed by atoms with Crippen LogP contribution in [0.5, 0.6) is 0 Å². The number of nitrogens with zero attached hydrogens (tertiary/aromatic N) is 2. The topological polar surface area (TPSA) is 38.9 Å². The van der Waals surface area contributed by atoms with E-state index in [0.717, 1.165) is 50.0 Å². The van der Waals surface area contributed by atoms with E-state index < -0.39 is 0 Å². The number of hydrogen-bond acceptors (Lipinski definition) is 3. The molecule has 0 aliphatic rings. The lowest BCUT2D eigenvalue weighted by Crippen LogP contribution is -1.96. The van der Waals surface area contributed by atoms with E-state index >= 15 is 0 Å². The van der Waals surface area contributed by atoms with Gasteiger partial charge in [-0.1, -0.05) is 109 Å². The molecule has 7 aromatic rings. The zero-order valence-electron chi connectivity index (χ0n) is 20.0. The third-order valence-electron chi connectivity index (χ3n) is 6.72. The van der Waals surface area contributed by atoms with Crippen LogP contribution >= 0.6 is 0 Å². The molecule has 0 bridgehead atoms. The smallest absolute Gasteiger partial charge is 0.160 e. The quantitative estimate of drug-likeness (QED) is 0.255. The molecule has 0 fully saturated rings. The molecule has 0 radical (unpaired) electrons. The molecule has 5 aromatic carbocycles. The Bertz CT molecular complexity index is 1850. The lowest BCUT2D eigenvalue weighted by Gasteiger charge is -2.10. The van der Waals surface area contributed by atoms with Gasteiger partial charge >= 0.3 is 0 Å². The van der Waals surface area contributed by atoms with Crippen molar-refractivity contribution in [2.75, 3.05) is 0 Å². The Morgan fingerprint density at radius 1 is 0.378 bits per heavy atom. The summed E-state index contributed by atoms with van der Waals surface area (Å²) in [5.74, 6) is 0.672. The number of rotatable bonds is 4. The van der Waals surface area contributed by atoms with Gasteiger partial charge in [0, 0.05) is 27.5 Å². The second-order valence-corrected chi connectivity index (χ2v) is 9.08. The average Bonchev–Trinajstić information content (AvgIpc) is 3.36. The van der Waals surface area contributed by atoms with Crippen molar-refractivity contribution in [1.29, 1.82) is 0 Å². The van der Waals surface area contributed by atoms with Gasteiger partial charge in [-0.05, 0) is 35.4 Å². The maximum Gasteiger partial charge on any atom is 0.160 e. The van der Waals surface area contributed by atoms with Crippen molar-refractivity contribution in [3.05, 3.63) is 133 Å². The summed E-state index contributed by atoms with van der Waals surface area (Å²) in [5, 5.41) is 2.21. The lowest BCUT2D eigenvalue weighted by molar-refractivity contribution is 0.669. The molecule has 0 spiro atoms. The first-order valence-electron chi connectivity index (χ1n) is 12.3. The third-order valence-corrected chi connectivity index (χ3v) is 6.72. The van der Waals surface area contributed by atoms with Crippen LogP contribution < -0.4 is 0 Å². The van der Waals surface area contributed by atoms with Crippen LogP contribution in [0.1, 0.15) is 0 Å². The minimum atomic E-state index is 0.672. The number of para-hydroxylation sites is 1. The minimum absolute atomic E-state index is 0.672. The van der Waals surface area contributed by atoms with E-state index in [-0.39, 0.29) is 0 Å². The van der Waals surface area contributed by atoms with Crippen LogP contribution in [0.25, 0.3) is 67.0 Å². The fourth-order valence-corrected chi connectivity index (χ4v) is 4.81. The van der Waals surface area contributed by atoms with Gasteiger partial charge in [0.15, 0.2) is 5.82 Å². The van der Waals surface area contributed by atoms with E-state index in [0.29, 0.717) is 5.82 Å². The molecule has 174 valence electrons. The molecule has 3 heteroatoms. The van der Waals surface area contributed by atoms with Gasteiger partial charge in [0.1, 0.15) is 11.2 Å². The molecule has 2 heterocycles. The maximum atomic E-state index is 6.14. The highest BCUT2D eigenvalue weighted by Gasteiger charge is 2.13. The van der Waals surface area contributed by atoms with Gasteiger partial charge in [0.05, 0.1) is 11.4 Å². The Kier molecular flexibility index (Phi) is 5.11. The Morgan fingerprint density at radius 2 is 0.892 bits per heavy atom. The standard InChI is InChI=1S/C34H22N2O/c1-3-9-23(10-4-1)24-15-17-26(18-16-24)31-22-30(25-11-5-2-6-12-25)35-34(36-31)27-19-20-29-28-13-7-8-14-32(28)37-33(29)21-27/h1-22H. The van der Waals surface area contributed by atoms with Crippen LogP contribution in [0.3, 0.4) is 0 Å². The first-order chi connectivity index (χ1) is 18.3. The van der Waals surface area contributed by atoms with E-state index in [1.165, 1.54) is 11.1 Å². The summed E-state index contributed by atoms with van der Waals surface area (Å²) >= 11 is 0. The number of hydrogen-bond donors (Lipinski definition) is 0. The molecule has 37 heavy (non-hydrogen) atoms. The van der Waals surface area contributed by atoms with Crippen molar-refractivity contribution in [3.63, 3.8) is 0 Å². The van der Waals surface area contributed by atoms with Gasteiger partial charge in [0.2, 0.25) is 0 Å². The second-order valence-electron chi connectivity index (χ2n) is 9.08. The zero-order chi connectivity index (χ0) is 24.6. The van der Waals surface area contributed by atoms with Crippen molar-refractivity contribution in [2.45, 2.75) is 0 Å². The third kappa shape index (κ3) is 3.97. The van der Waals surface area contributed by atoms with Crippen molar-refractivity contribution < 1.29 is 4.42 Å². The fraction of sp³-hybridized carbons (Fsp3) is 0. The van der Waals surface area contributed by atoms with Gasteiger partial charge in [-0.15, -0.1) is 0 Å². The number of benzene rings is 5. The molecule has 2 aromatic heterocycles. The van der Waals surface area contributed by atoms with Crippen LogP contribution in [0.2, 0.25) is 0 Å². The molecular formula is C34H22N2O. The molecular weight excluding hydrogens is 452 g/mol. The minimum Gasteiger partial charge on any atom is -0.456 e. The molecule has 0 aliphatic heterocycles. The molecule has 3 nitrogen and oxygen atoms in total. The molecule has 0 saturated heterocycles. The molecule has 0 aliphatic carbocycles. The number of furan rings is 1. The predicted octanol–water partition coefficient (Wildman–Crippen LogP) is 9.04. The summed E-state index contributed by atoms with van der Waals surface area (Å²) < 4.78 is 6.14. The summed E-state index contributed by atoms with van der Waals surface area (Å²) in [6, 6.07) is 45.6. The van der Waals surface area contributed by atoms with Gasteiger partial charge in [-0.2, -0.15) is 0 Å². The highest BCUT2D eigenvalue weighted by molar-refractivity contribution is 6.05. The zero-order valence-corrected chi connectivity index (χ0v) is 20.0. The summed E-state index contributed by atoms with van der Waals surface area (Å²) in [7, 11) is 0. The summed E-state index contributed by atoms with van der Waals surface area (Å²) in [4.78, 5) is 9.98. The maximum absolute atomic E-state index is 6.14. The van der Waals surface area contributed by atoms with Gasteiger partial charge < -0.3 is 4.42 Å². The predicted molar refractivity (Wildman–Crippen MR) is 151 cm³/mol. The van der Waals surface area contributed by atoms with Crippen LogP contribution in [0.15, 0.2) is 138 Å². The Hall–Kier alpha value is -5.02. The normalized spacial score (nSPS) is 11.2. The Labute approximate surface area is 214 Å². The van der Waals surface area contributed by atoms with E-state index in [9.17, 15) is 0 Å². The Balaban J connectivity index is 1.36. The van der Waals surface area contributed by atoms with Crippen molar-refractivity contribution in [2.24, 2.45) is 0 Å². The van der Waals surface area contributed by atoms with Crippen LogP contribution in [-0.4, -0.2) is 9.97 Å². The molecule has 0 unspecified atom stereocenters. The van der Waals surface area contributed by atoms with E-state index in [1.54, 1.807) is 0 Å². The average molecular weight is 475 g/mol. The highest BCUT2D eigenvalue weighted by atomic mass is 16.3.